The van der Waals surface area contributed by atoms with Gasteiger partial charge in [0.25, 0.3) is 5.91 Å². The number of nitrogens with one attached hydrogen (secondary N) is 2. The summed E-state index contributed by atoms with van der Waals surface area (Å²) in [5.74, 6) is -2.85. The summed E-state index contributed by atoms with van der Waals surface area (Å²) in [5, 5.41) is 5.07. The molecule has 0 atom stereocenters. The van der Waals surface area contributed by atoms with Gasteiger partial charge in [-0.1, -0.05) is 17.7 Å². The lowest BCUT2D eigenvalue weighted by Crippen LogP contribution is -2.33. The van der Waals surface area contributed by atoms with Crippen molar-refractivity contribution in [1.29, 1.82) is 0 Å². The summed E-state index contributed by atoms with van der Waals surface area (Å²) in [7, 11) is 0. The van der Waals surface area contributed by atoms with Gasteiger partial charge in [0.2, 0.25) is 5.91 Å². The molecule has 126 valence electrons. The predicted molar refractivity (Wildman–Crippen MR) is 88.0 cm³/mol. The smallest absolute Gasteiger partial charge is 0.251 e. The third-order valence-corrected chi connectivity index (χ3v) is 3.48. The third-order valence-electron chi connectivity index (χ3n) is 3.48. The number of carbonyl (C=O) groups excluding carboxylic acids is 2. The first-order valence-corrected chi connectivity index (χ1v) is 7.38. The number of hydrogen-bond acceptors (Lipinski definition) is 2. The molecule has 2 aromatic rings. The van der Waals surface area contributed by atoms with Gasteiger partial charge in [-0.15, -0.1) is 0 Å². The molecule has 6 heteroatoms. The number of rotatable bonds is 4. The Morgan fingerprint density at radius 3 is 2.00 bits per heavy atom. The number of carbonyl (C=O) groups is 2. The third kappa shape index (κ3) is 4.38. The quantitative estimate of drug-likeness (QED) is 0.903. The fourth-order valence-corrected chi connectivity index (χ4v) is 2.51. The van der Waals surface area contributed by atoms with E-state index >= 15 is 0 Å². The molecule has 2 rings (SSSR count). The minimum Gasteiger partial charge on any atom is -0.343 e. The van der Waals surface area contributed by atoms with Gasteiger partial charge in [0.05, 0.1) is 6.54 Å². The van der Waals surface area contributed by atoms with Crippen molar-refractivity contribution >= 4 is 17.5 Å². The largest absolute Gasteiger partial charge is 0.343 e. The topological polar surface area (TPSA) is 58.2 Å². The Hall–Kier alpha value is -2.76. The van der Waals surface area contributed by atoms with E-state index in [2.05, 4.69) is 10.6 Å². The molecule has 2 amide bonds. The Morgan fingerprint density at radius 1 is 0.917 bits per heavy atom. The fraction of sp³-hybridized carbons (Fsp3) is 0.222. The molecule has 0 aliphatic rings. The summed E-state index contributed by atoms with van der Waals surface area (Å²) in [6.45, 7) is 5.42. The molecule has 4 nitrogen and oxygen atoms in total. The van der Waals surface area contributed by atoms with Gasteiger partial charge in [-0.25, -0.2) is 8.78 Å². The van der Waals surface area contributed by atoms with Crippen LogP contribution in [-0.2, 0) is 4.79 Å². The van der Waals surface area contributed by atoms with Crippen LogP contribution in [0, 0.1) is 32.4 Å². The highest BCUT2D eigenvalue weighted by atomic mass is 19.1. The van der Waals surface area contributed by atoms with Crippen LogP contribution in [0.2, 0.25) is 0 Å². The minimum absolute atomic E-state index is 0.178. The number of anilines is 1. The Labute approximate surface area is 138 Å². The van der Waals surface area contributed by atoms with Crippen molar-refractivity contribution in [3.8, 4) is 0 Å². The van der Waals surface area contributed by atoms with Crippen molar-refractivity contribution in [2.45, 2.75) is 20.8 Å². The number of hydrogen-bond donors (Lipinski definition) is 2. The standard InChI is InChI=1S/C18H18F2N2O2/c1-10-4-11(2)17(12(3)5-10)22-16(23)9-21-18(24)13-6-14(19)8-15(20)7-13/h4-8H,9H2,1-3H3,(H,21,24)(H,22,23). The normalized spacial score (nSPS) is 10.4. The molecule has 0 aliphatic heterocycles. The van der Waals surface area contributed by atoms with Gasteiger partial charge >= 0.3 is 0 Å². The van der Waals surface area contributed by atoms with E-state index in [-0.39, 0.29) is 12.1 Å². The van der Waals surface area contributed by atoms with Crippen molar-refractivity contribution in [2.24, 2.45) is 0 Å². The van der Waals surface area contributed by atoms with E-state index in [1.165, 1.54) is 0 Å². The van der Waals surface area contributed by atoms with Gasteiger partial charge in [-0.05, 0) is 44.0 Å². The predicted octanol–water partition coefficient (Wildman–Crippen LogP) is 3.26. The van der Waals surface area contributed by atoms with Gasteiger partial charge < -0.3 is 10.6 Å². The number of aryl methyl sites for hydroxylation is 3. The zero-order chi connectivity index (χ0) is 17.9. The van der Waals surface area contributed by atoms with Crippen molar-refractivity contribution in [1.82, 2.24) is 5.32 Å². The lowest BCUT2D eigenvalue weighted by molar-refractivity contribution is -0.115. The van der Waals surface area contributed by atoms with Crippen molar-refractivity contribution < 1.29 is 18.4 Å². The highest BCUT2D eigenvalue weighted by Crippen LogP contribution is 2.21. The summed E-state index contributed by atoms with van der Waals surface area (Å²) in [6.07, 6.45) is 0. The highest BCUT2D eigenvalue weighted by Gasteiger charge is 2.12. The van der Waals surface area contributed by atoms with E-state index in [4.69, 9.17) is 0 Å². The SMILES string of the molecule is Cc1cc(C)c(NC(=O)CNC(=O)c2cc(F)cc(F)c2)c(C)c1. The Kier molecular flexibility index (Phi) is 5.28. The molecule has 0 spiro atoms. The molecule has 0 aliphatic carbocycles. The maximum Gasteiger partial charge on any atom is 0.251 e. The van der Waals surface area contributed by atoms with Gasteiger partial charge in [0.1, 0.15) is 11.6 Å². The second-order valence-corrected chi connectivity index (χ2v) is 5.66. The zero-order valence-electron chi connectivity index (χ0n) is 13.7. The van der Waals surface area contributed by atoms with Crippen LogP contribution < -0.4 is 10.6 Å². The van der Waals surface area contributed by atoms with Gasteiger partial charge in [0.15, 0.2) is 0 Å². The van der Waals surface area contributed by atoms with Crippen LogP contribution in [0.1, 0.15) is 27.0 Å². The monoisotopic (exact) mass is 332 g/mol. The first-order chi connectivity index (χ1) is 11.3. The van der Waals surface area contributed by atoms with E-state index in [1.54, 1.807) is 0 Å². The summed E-state index contributed by atoms with van der Waals surface area (Å²) >= 11 is 0. The number of benzene rings is 2. The van der Waals surface area contributed by atoms with Crippen LogP contribution in [0.5, 0.6) is 0 Å². The Bertz CT molecular complexity index is 760. The van der Waals surface area contributed by atoms with Crippen LogP contribution in [-0.4, -0.2) is 18.4 Å². The fourth-order valence-electron chi connectivity index (χ4n) is 2.51. The van der Waals surface area contributed by atoms with Crippen LogP contribution in [0.25, 0.3) is 0 Å². The maximum atomic E-state index is 13.1. The average molecular weight is 332 g/mol. The van der Waals surface area contributed by atoms with E-state index in [9.17, 15) is 18.4 Å². The first-order valence-electron chi connectivity index (χ1n) is 7.38. The van der Waals surface area contributed by atoms with E-state index in [0.717, 1.165) is 28.8 Å². The molecular formula is C18H18F2N2O2. The van der Waals surface area contributed by atoms with Gasteiger partial charge in [0, 0.05) is 17.3 Å². The van der Waals surface area contributed by atoms with Crippen molar-refractivity contribution in [3.05, 3.63) is 64.2 Å². The second-order valence-electron chi connectivity index (χ2n) is 5.66. The number of halogens is 2. The van der Waals surface area contributed by atoms with Gasteiger partial charge in [-0.3, -0.25) is 9.59 Å². The van der Waals surface area contributed by atoms with E-state index in [0.29, 0.717) is 11.8 Å². The van der Waals surface area contributed by atoms with E-state index in [1.807, 2.05) is 32.9 Å². The van der Waals surface area contributed by atoms with Crippen LogP contribution in [0.15, 0.2) is 30.3 Å². The van der Waals surface area contributed by atoms with Gasteiger partial charge in [-0.2, -0.15) is 0 Å². The molecule has 0 bridgehead atoms. The zero-order valence-corrected chi connectivity index (χ0v) is 13.7. The summed E-state index contributed by atoms with van der Waals surface area (Å²) in [5.41, 5.74) is 3.43. The summed E-state index contributed by atoms with van der Waals surface area (Å²) < 4.78 is 26.2. The Balaban J connectivity index is 2.00. The molecule has 0 saturated carbocycles. The number of amides is 2. The molecule has 0 saturated heterocycles. The highest BCUT2D eigenvalue weighted by molar-refractivity contribution is 5.99. The van der Waals surface area contributed by atoms with Crippen molar-refractivity contribution in [3.63, 3.8) is 0 Å². The molecule has 0 aromatic heterocycles. The molecule has 0 radical (unpaired) electrons. The average Bonchev–Trinajstić information content (AvgIpc) is 2.47. The molecule has 0 fully saturated rings. The second kappa shape index (κ2) is 7.21. The summed E-state index contributed by atoms with van der Waals surface area (Å²) in [6, 6.07) is 6.37. The molecule has 0 heterocycles. The molecule has 2 aromatic carbocycles. The lowest BCUT2D eigenvalue weighted by Gasteiger charge is -2.13. The molecular weight excluding hydrogens is 314 g/mol. The van der Waals surface area contributed by atoms with Crippen molar-refractivity contribution in [2.75, 3.05) is 11.9 Å². The molecule has 24 heavy (non-hydrogen) atoms. The van der Waals surface area contributed by atoms with E-state index < -0.39 is 23.4 Å². The molecule has 2 N–H and O–H groups in total. The summed E-state index contributed by atoms with van der Waals surface area (Å²) in [4.78, 5) is 23.9. The minimum atomic E-state index is -0.851. The van der Waals surface area contributed by atoms with Crippen LogP contribution in [0.3, 0.4) is 0 Å². The maximum absolute atomic E-state index is 13.1. The Morgan fingerprint density at radius 2 is 1.46 bits per heavy atom. The first kappa shape index (κ1) is 17.6. The molecule has 0 unspecified atom stereocenters. The lowest BCUT2D eigenvalue weighted by atomic mass is 10.1. The van der Waals surface area contributed by atoms with Crippen LogP contribution >= 0.6 is 0 Å². The van der Waals surface area contributed by atoms with Crippen LogP contribution in [0.4, 0.5) is 14.5 Å².